The Morgan fingerprint density at radius 3 is 2.17 bits per heavy atom. The molecule has 2 saturated carbocycles. The second kappa shape index (κ2) is 9.71. The molecule has 0 radical (unpaired) electrons. The molecule has 0 N–H and O–H groups in total. The summed E-state index contributed by atoms with van der Waals surface area (Å²) in [4.78, 5) is 2.50. The van der Waals surface area contributed by atoms with Crippen LogP contribution >= 0.6 is 0 Å². The quantitative estimate of drug-likeness (QED) is 0.202. The summed E-state index contributed by atoms with van der Waals surface area (Å²) in [5.41, 5.74) is 13.8. The first-order chi connectivity index (χ1) is 22.7. The third kappa shape index (κ3) is 3.59. The number of fused-ring (bicyclic) bond motifs is 11. The summed E-state index contributed by atoms with van der Waals surface area (Å²) in [5.74, 6) is 2.16. The van der Waals surface area contributed by atoms with Gasteiger partial charge in [0.25, 0.3) is 0 Å². The minimum absolute atomic E-state index is 0.0382. The Kier molecular flexibility index (Phi) is 5.52. The van der Waals surface area contributed by atoms with Crippen molar-refractivity contribution in [3.05, 3.63) is 151 Å². The molecule has 2 nitrogen and oxygen atoms in total. The molecule has 0 saturated heterocycles. The van der Waals surface area contributed by atoms with Gasteiger partial charge < -0.3 is 9.32 Å². The second-order valence-electron chi connectivity index (χ2n) is 13.9. The Morgan fingerprint density at radius 2 is 1.33 bits per heavy atom. The fourth-order valence-electron chi connectivity index (χ4n) is 9.81. The van der Waals surface area contributed by atoms with Crippen LogP contribution in [0.3, 0.4) is 0 Å². The van der Waals surface area contributed by atoms with Crippen molar-refractivity contribution in [2.45, 2.75) is 31.6 Å². The summed E-state index contributed by atoms with van der Waals surface area (Å²) in [5, 5.41) is 2.32. The van der Waals surface area contributed by atoms with Crippen LogP contribution in [-0.4, -0.2) is 0 Å². The highest BCUT2D eigenvalue weighted by Gasteiger charge is 2.60. The molecule has 10 rings (SSSR count). The van der Waals surface area contributed by atoms with Crippen molar-refractivity contribution in [3.8, 4) is 22.3 Å². The van der Waals surface area contributed by atoms with E-state index in [2.05, 4.69) is 145 Å². The second-order valence-corrected chi connectivity index (χ2v) is 13.9. The Bertz CT molecular complexity index is 2280. The summed E-state index contributed by atoms with van der Waals surface area (Å²) in [6, 6.07) is 51.2. The molecule has 6 aromatic carbocycles. The molecular weight excluding hydrogens is 558 g/mol. The van der Waals surface area contributed by atoms with Crippen molar-refractivity contribution in [3.63, 3.8) is 0 Å². The van der Waals surface area contributed by atoms with E-state index in [1.165, 1.54) is 52.8 Å². The molecule has 3 aliphatic rings. The third-order valence-corrected chi connectivity index (χ3v) is 11.5. The fraction of sp³-hybridized carbons (Fsp3) is 0.182. The number of anilines is 3. The SMILES string of the molecule is CC1CC2CC1C1(C2)c2ccccc2-c2cccc(N(c3ccc(-c4ccccc4)cc3)c3ccc4c(c3)oc3ccccc34)c21. The van der Waals surface area contributed by atoms with Crippen molar-refractivity contribution in [2.75, 3.05) is 4.90 Å². The number of para-hydroxylation sites is 1. The number of furan rings is 1. The zero-order chi connectivity index (χ0) is 30.4. The number of hydrogen-bond acceptors (Lipinski definition) is 2. The molecule has 1 aromatic heterocycles. The van der Waals surface area contributed by atoms with E-state index in [1.54, 1.807) is 5.56 Å². The van der Waals surface area contributed by atoms with E-state index in [0.29, 0.717) is 5.92 Å². The highest BCUT2D eigenvalue weighted by molar-refractivity contribution is 6.06. The summed E-state index contributed by atoms with van der Waals surface area (Å²) in [6.45, 7) is 2.50. The van der Waals surface area contributed by atoms with E-state index in [-0.39, 0.29) is 5.41 Å². The van der Waals surface area contributed by atoms with Crippen molar-refractivity contribution in [1.29, 1.82) is 0 Å². The first-order valence-electron chi connectivity index (χ1n) is 16.8. The zero-order valence-corrected chi connectivity index (χ0v) is 26.0. The molecule has 0 aliphatic heterocycles. The molecule has 2 bridgehead atoms. The normalized spacial score (nSPS) is 22.5. The number of rotatable bonds is 4. The standard InChI is InChI=1S/C44H35NO/c1-28-24-29-25-39(28)44(27-29)38-15-7-5-12-34(38)37-14-9-16-40(43(37)44)45(32-20-18-31(19-21-32)30-10-3-2-4-11-30)33-22-23-36-35-13-6-8-17-41(35)46-42(36)26-33/h2-23,26,28-29,39H,24-25,27H2,1H3. The van der Waals surface area contributed by atoms with Crippen molar-refractivity contribution in [2.24, 2.45) is 17.8 Å². The molecule has 222 valence electrons. The Labute approximate surface area is 269 Å². The van der Waals surface area contributed by atoms with Crippen molar-refractivity contribution < 1.29 is 4.42 Å². The Hall–Kier alpha value is -5.08. The molecule has 2 fully saturated rings. The lowest BCUT2D eigenvalue weighted by atomic mass is 9.63. The van der Waals surface area contributed by atoms with Crippen LogP contribution in [0.15, 0.2) is 144 Å². The zero-order valence-electron chi connectivity index (χ0n) is 26.0. The van der Waals surface area contributed by atoms with Crippen LogP contribution in [-0.2, 0) is 5.41 Å². The molecule has 1 spiro atoms. The average Bonchev–Trinajstić information content (AvgIpc) is 3.85. The lowest BCUT2D eigenvalue weighted by Gasteiger charge is -2.42. The lowest BCUT2D eigenvalue weighted by molar-refractivity contribution is 0.248. The average molecular weight is 594 g/mol. The van der Waals surface area contributed by atoms with E-state index < -0.39 is 0 Å². The predicted octanol–water partition coefficient (Wildman–Crippen LogP) is 12.1. The van der Waals surface area contributed by atoms with Crippen LogP contribution < -0.4 is 4.90 Å². The summed E-state index contributed by atoms with van der Waals surface area (Å²) < 4.78 is 6.46. The molecule has 1 heterocycles. The molecule has 7 aromatic rings. The van der Waals surface area contributed by atoms with Crippen LogP contribution in [0.5, 0.6) is 0 Å². The van der Waals surface area contributed by atoms with Gasteiger partial charge in [-0.15, -0.1) is 0 Å². The molecular formula is C44H35NO. The minimum atomic E-state index is 0.0382. The van der Waals surface area contributed by atoms with E-state index in [1.807, 2.05) is 6.07 Å². The number of hydrogen-bond donors (Lipinski definition) is 0. The van der Waals surface area contributed by atoms with E-state index in [4.69, 9.17) is 4.42 Å². The molecule has 2 heteroatoms. The molecule has 4 atom stereocenters. The smallest absolute Gasteiger partial charge is 0.137 e. The fourth-order valence-corrected chi connectivity index (χ4v) is 9.81. The molecule has 0 amide bonds. The van der Waals surface area contributed by atoms with Gasteiger partial charge in [-0.2, -0.15) is 0 Å². The van der Waals surface area contributed by atoms with Crippen LogP contribution in [0.4, 0.5) is 17.1 Å². The van der Waals surface area contributed by atoms with E-state index in [9.17, 15) is 0 Å². The first-order valence-corrected chi connectivity index (χ1v) is 16.8. The van der Waals surface area contributed by atoms with E-state index >= 15 is 0 Å². The van der Waals surface area contributed by atoms with Crippen molar-refractivity contribution in [1.82, 2.24) is 0 Å². The monoisotopic (exact) mass is 593 g/mol. The van der Waals surface area contributed by atoms with Gasteiger partial charge in [0.15, 0.2) is 0 Å². The molecule has 4 unspecified atom stereocenters. The Balaban J connectivity index is 1.22. The van der Waals surface area contributed by atoms with Crippen LogP contribution in [0.2, 0.25) is 0 Å². The summed E-state index contributed by atoms with van der Waals surface area (Å²) in [6.07, 6.45) is 3.94. The topological polar surface area (TPSA) is 16.4 Å². The van der Waals surface area contributed by atoms with E-state index in [0.717, 1.165) is 45.1 Å². The predicted molar refractivity (Wildman–Crippen MR) is 190 cm³/mol. The summed E-state index contributed by atoms with van der Waals surface area (Å²) >= 11 is 0. The van der Waals surface area contributed by atoms with Gasteiger partial charge in [0.05, 0.1) is 5.69 Å². The number of nitrogens with zero attached hydrogens (tertiary/aromatic N) is 1. The number of benzene rings is 6. The maximum Gasteiger partial charge on any atom is 0.137 e. The van der Waals surface area contributed by atoms with Gasteiger partial charge in [-0.3, -0.25) is 0 Å². The van der Waals surface area contributed by atoms with Gasteiger partial charge in [-0.1, -0.05) is 104 Å². The minimum Gasteiger partial charge on any atom is -0.456 e. The highest BCUT2D eigenvalue weighted by Crippen LogP contribution is 2.69. The van der Waals surface area contributed by atoms with Crippen LogP contribution in [0.25, 0.3) is 44.2 Å². The summed E-state index contributed by atoms with van der Waals surface area (Å²) in [7, 11) is 0. The first kappa shape index (κ1) is 26.2. The molecule has 46 heavy (non-hydrogen) atoms. The molecule has 3 aliphatic carbocycles. The van der Waals surface area contributed by atoms with Gasteiger partial charge in [-0.25, -0.2) is 0 Å². The van der Waals surface area contributed by atoms with Gasteiger partial charge in [-0.05, 0) is 107 Å². The van der Waals surface area contributed by atoms with Crippen molar-refractivity contribution >= 4 is 39.0 Å². The Morgan fingerprint density at radius 1 is 0.609 bits per heavy atom. The lowest BCUT2D eigenvalue weighted by Crippen LogP contribution is -2.36. The van der Waals surface area contributed by atoms with Gasteiger partial charge in [0, 0.05) is 33.6 Å². The van der Waals surface area contributed by atoms with Gasteiger partial charge in [0.2, 0.25) is 0 Å². The highest BCUT2D eigenvalue weighted by atomic mass is 16.3. The maximum absolute atomic E-state index is 6.46. The van der Waals surface area contributed by atoms with Crippen LogP contribution in [0, 0.1) is 17.8 Å². The van der Waals surface area contributed by atoms with Gasteiger partial charge >= 0.3 is 0 Å². The van der Waals surface area contributed by atoms with Crippen LogP contribution in [0.1, 0.15) is 37.3 Å². The third-order valence-electron chi connectivity index (χ3n) is 11.5. The largest absolute Gasteiger partial charge is 0.456 e. The van der Waals surface area contributed by atoms with Gasteiger partial charge in [0.1, 0.15) is 11.2 Å². The maximum atomic E-state index is 6.46.